The molecule has 0 saturated carbocycles. The van der Waals surface area contributed by atoms with Crippen molar-refractivity contribution in [1.29, 1.82) is 0 Å². The first-order valence-electron chi connectivity index (χ1n) is 31.8. The van der Waals surface area contributed by atoms with Gasteiger partial charge in [-0.2, -0.15) is 0 Å². The fourth-order valence-electron chi connectivity index (χ4n) is 8.39. The summed E-state index contributed by atoms with van der Waals surface area (Å²) in [7, 11) is -18.7. The number of fused-ring (bicyclic) bond motifs is 2. The molecule has 0 aliphatic carbocycles. The Morgan fingerprint density at radius 2 is 0.970 bits per heavy atom. The second-order valence-corrected chi connectivity index (χ2v) is 27.2. The Morgan fingerprint density at radius 1 is 0.566 bits per heavy atom. The second-order valence-electron chi connectivity index (χ2n) is 20.3. The van der Waals surface area contributed by atoms with E-state index in [0.29, 0.717) is 78.3 Å². The van der Waals surface area contributed by atoms with Gasteiger partial charge in [0.15, 0.2) is 0 Å². The Hall–Kier alpha value is -8.14. The smallest absolute Gasteiger partial charge is 0.487 e. The maximum atomic E-state index is 13.7. The maximum absolute atomic E-state index is 13.7. The zero-order valence-corrected chi connectivity index (χ0v) is 58.4. The number of hydrogen-bond donors (Lipinski definition) is 6. The number of nitrogens with one attached hydrogen (secondary N) is 2. The Morgan fingerprint density at radius 3 is 1.33 bits per heavy atom. The van der Waals surface area contributed by atoms with E-state index in [4.69, 9.17) is 72.0 Å². The number of ether oxygens (including phenoxy) is 4. The molecule has 0 saturated heterocycles. The third kappa shape index (κ3) is 24.0. The van der Waals surface area contributed by atoms with Gasteiger partial charge in [-0.05, 0) is 132 Å². The van der Waals surface area contributed by atoms with Crippen LogP contribution < -0.4 is 49.7 Å². The number of phosphoric ester groups is 2. The molecule has 0 unspecified atom stereocenters. The number of rotatable bonds is 28. The Balaban J connectivity index is 0.000000267. The molecule has 4 heterocycles. The molecule has 6 N–H and O–H groups in total. The molecular formula is C62H58Cl2F2N8NaO20P2S2+. The number of hydrogen-bond acceptors (Lipinski definition) is 22. The number of aromatic nitrogens is 4. The number of nitrogens with zero attached hydrogens (tertiary/aromatic N) is 6. The maximum Gasteiger partial charge on any atom is 1.00 e. The average Bonchev–Trinajstić information content (AvgIpc) is 1.56. The van der Waals surface area contributed by atoms with Gasteiger partial charge in [0.1, 0.15) is 103 Å². The third-order valence-electron chi connectivity index (χ3n) is 12.8. The summed E-state index contributed by atoms with van der Waals surface area (Å²) in [6.07, 6.45) is 1.26. The summed E-state index contributed by atoms with van der Waals surface area (Å²) >= 11 is 12.9. The van der Waals surface area contributed by atoms with Crippen molar-refractivity contribution in [2.45, 2.75) is 26.2 Å². The molecule has 0 aliphatic heterocycles. The van der Waals surface area contributed by atoms with Gasteiger partial charge in [-0.25, -0.2) is 73.3 Å². The van der Waals surface area contributed by atoms with Gasteiger partial charge < -0.3 is 58.0 Å². The van der Waals surface area contributed by atoms with Crippen LogP contribution in [0.15, 0.2) is 167 Å². The quantitative estimate of drug-likeness (QED) is 0.0151. The zero-order chi connectivity index (χ0) is 77.5. The largest absolute Gasteiger partial charge is 1.00 e. The van der Waals surface area contributed by atoms with Crippen LogP contribution in [0.25, 0.3) is 44.5 Å². The number of benzene rings is 6. The summed E-state index contributed by atoms with van der Waals surface area (Å²) in [5, 5.41) is 7.42. The minimum absolute atomic E-state index is 0. The van der Waals surface area contributed by atoms with Gasteiger partial charge in [0.25, 0.3) is 0 Å². The molecular weight excluding hydrogens is 1430 g/mol. The Labute approximate surface area is 607 Å². The molecule has 0 radical (unpaired) electrons. The first-order valence-corrected chi connectivity index (χ1v) is 35.4. The first-order chi connectivity index (χ1) is 49.4. The van der Waals surface area contributed by atoms with Gasteiger partial charge in [-0.1, -0.05) is 47.5 Å². The summed E-state index contributed by atoms with van der Waals surface area (Å²) in [5.74, 6) is 0.138. The van der Waals surface area contributed by atoms with Crippen LogP contribution in [-0.2, 0) is 73.5 Å². The van der Waals surface area contributed by atoms with E-state index < -0.39 is 123 Å². The number of halogens is 4. The number of anilines is 4. The van der Waals surface area contributed by atoms with Crippen LogP contribution in [0.2, 0.25) is 10.0 Å². The van der Waals surface area contributed by atoms with Crippen molar-refractivity contribution in [1.82, 2.24) is 29.7 Å². The van der Waals surface area contributed by atoms with E-state index in [-0.39, 0.29) is 85.3 Å². The van der Waals surface area contributed by atoms with E-state index in [0.717, 1.165) is 12.1 Å². The fraction of sp³-hybridized carbons (Fsp3) is 0.194. The molecule has 10 aromatic rings. The van der Waals surface area contributed by atoms with E-state index in [1.54, 1.807) is 60.7 Å². The molecule has 37 heteroatoms. The third-order valence-corrected chi connectivity index (χ3v) is 15.6. The van der Waals surface area contributed by atoms with E-state index in [2.05, 4.69) is 49.1 Å². The Bertz CT molecular complexity index is 4960. The van der Waals surface area contributed by atoms with Crippen LogP contribution in [0.1, 0.15) is 33.6 Å². The van der Waals surface area contributed by atoms with E-state index in [1.165, 1.54) is 85.5 Å². The van der Waals surface area contributed by atoms with Gasteiger partial charge in [0, 0.05) is 64.4 Å². The first kappa shape index (κ1) is 65.5. The molecule has 10 rings (SSSR count). The molecule has 4 aromatic heterocycles. The number of furan rings is 2. The fourth-order valence-corrected chi connectivity index (χ4v) is 9.99. The number of sulfone groups is 2. The minimum atomic E-state index is -5.01. The van der Waals surface area contributed by atoms with Crippen molar-refractivity contribution in [2.75, 3.05) is 61.2 Å². The van der Waals surface area contributed by atoms with Crippen LogP contribution in [-0.4, -0.2) is 129 Å². The van der Waals surface area contributed by atoms with Gasteiger partial charge >= 0.3 is 57.4 Å². The van der Waals surface area contributed by atoms with E-state index >= 15 is 0 Å². The molecule has 516 valence electrons. The second kappa shape index (κ2) is 34.3. The predicted molar refractivity (Wildman–Crippen MR) is 355 cm³/mol. The summed E-state index contributed by atoms with van der Waals surface area (Å²) in [6.45, 7) is -10.2. The van der Waals surface area contributed by atoms with Gasteiger partial charge in [0.05, 0.1) is 51.1 Å². The standard InChI is InChI=1S/2C31H29ClFN4O10PS.Na/c2*1-49(42,43)12-11-37(31(38)45-19-46-48(39,40)41)16-24-7-10-28(47-24)21-5-8-27-25(14-21)30(35-18-34-27)36-23-6-9-29(26(32)15-23)44-17-20-3-2-4-22(33)13-20;/h2*2-10,13-15,18H,11-12,16-17,19H2,1H3,(H,34,35,36)(H2,39,40,41);/q;;+1/i2*12D2,17D2;. The summed E-state index contributed by atoms with van der Waals surface area (Å²) in [4.78, 5) is 79.3. The SMILES string of the molecule is [2H]C([2H])(Oc1ccc(Nc2ncnc3ccc(-c4ccc(CN(CC([2H])([2H])S(C)(=O)=O)C(=O)OCOP(=O)(O)O)o4)cc23)cc1Cl)c1cccc(F)c1.[2H]C([2H])(Oc1ccc(Nc2ncnc3ccc(-c4ccc(CN(CC([2H])([2H])S(C)(=O)=O)C(=O)OCOP(=O)(O)O)o4)cc23)cc1Cl)c1cccc(F)c1.[Na+]. The van der Waals surface area contributed by atoms with Crippen molar-refractivity contribution in [3.63, 3.8) is 0 Å². The summed E-state index contributed by atoms with van der Waals surface area (Å²) in [6, 6.07) is 35.0. The van der Waals surface area contributed by atoms with Gasteiger partial charge in [0.2, 0.25) is 13.6 Å². The van der Waals surface area contributed by atoms with E-state index in [9.17, 15) is 44.3 Å². The summed E-state index contributed by atoms with van der Waals surface area (Å²) < 4.78 is 203. The van der Waals surface area contributed by atoms with Crippen molar-refractivity contribution < 1.29 is 141 Å². The zero-order valence-electron chi connectivity index (χ0n) is 59.5. The van der Waals surface area contributed by atoms with Gasteiger partial charge in [-0.3, -0.25) is 9.80 Å². The molecule has 0 atom stereocenters. The molecule has 0 spiro atoms. The van der Waals surface area contributed by atoms with Crippen LogP contribution in [0, 0.1) is 11.6 Å². The molecule has 0 fully saturated rings. The number of carbonyl (C=O) groups is 2. The number of phosphoric acid groups is 2. The average molecular weight is 1500 g/mol. The molecule has 99 heavy (non-hydrogen) atoms. The monoisotopic (exact) mass is 1500 g/mol. The number of carbonyl (C=O) groups excluding carboxylic acids is 2. The van der Waals surface area contributed by atoms with Crippen LogP contribution in [0.3, 0.4) is 0 Å². The van der Waals surface area contributed by atoms with E-state index in [1.807, 2.05) is 0 Å². The molecule has 0 bridgehead atoms. The molecule has 6 aromatic carbocycles. The molecule has 28 nitrogen and oxygen atoms in total. The predicted octanol–water partition coefficient (Wildman–Crippen LogP) is 9.11. The van der Waals surface area contributed by atoms with Gasteiger partial charge in [-0.15, -0.1) is 0 Å². The Kier molecular flexibility index (Phi) is 22.7. The molecule has 2 amide bonds. The normalized spacial score (nSPS) is 13.4. The number of amides is 2. The van der Waals surface area contributed by atoms with Crippen LogP contribution in [0.5, 0.6) is 11.5 Å². The van der Waals surface area contributed by atoms with Crippen LogP contribution >= 0.6 is 38.8 Å². The van der Waals surface area contributed by atoms with Crippen LogP contribution in [0.4, 0.5) is 41.4 Å². The summed E-state index contributed by atoms with van der Waals surface area (Å²) in [5.41, 5.74) is -2.95. The topological polar surface area (TPSA) is 381 Å². The minimum Gasteiger partial charge on any atom is -0.487 e. The van der Waals surface area contributed by atoms with Crippen molar-refractivity contribution in [3.05, 3.63) is 203 Å². The molecule has 0 aliphatic rings. The van der Waals surface area contributed by atoms with Crippen molar-refractivity contribution >= 4 is 116 Å². The van der Waals surface area contributed by atoms with Crippen molar-refractivity contribution in [3.8, 4) is 34.1 Å². The van der Waals surface area contributed by atoms with Crippen molar-refractivity contribution in [2.24, 2.45) is 0 Å².